The van der Waals surface area contributed by atoms with E-state index in [1.54, 1.807) is 6.07 Å². The molecule has 2 aromatic carbocycles. The zero-order valence-electron chi connectivity index (χ0n) is 6.74. The molecule has 0 amide bonds. The molecule has 2 rings (SSSR count). The van der Waals surface area contributed by atoms with Crippen LogP contribution in [0.3, 0.4) is 0 Å². The Morgan fingerprint density at radius 2 is 1.85 bits per heavy atom. The lowest BCUT2D eigenvalue weighted by Crippen LogP contribution is -1.72. The van der Waals surface area contributed by atoms with Gasteiger partial charge in [-0.3, -0.25) is 0 Å². The van der Waals surface area contributed by atoms with E-state index in [4.69, 9.17) is 17.0 Å². The van der Waals surface area contributed by atoms with Crippen LogP contribution in [0.4, 0.5) is 5.69 Å². The first-order valence-electron chi connectivity index (χ1n) is 3.85. The number of hydrogen-bond donors (Lipinski definition) is 0. The fraction of sp³-hybridized carbons (Fsp3) is 0. The largest absolute Gasteiger partial charge is 0.411 e. The van der Waals surface area contributed by atoms with Crippen LogP contribution in [0.1, 0.15) is 0 Å². The van der Waals surface area contributed by atoms with Crippen molar-refractivity contribution in [1.29, 1.82) is 5.39 Å². The highest BCUT2D eigenvalue weighted by molar-refractivity contribution is 6.35. The highest BCUT2D eigenvalue weighted by Gasteiger charge is 2.15. The third-order valence-electron chi connectivity index (χ3n) is 1.95. The Balaban J connectivity index is 2.94. The standard InChI is InChI=1S/C10H6ClN2/c11-9-6-5-7-3-1-2-4-8(7)10(9)13-12/h1-6H/q+1. The second-order valence-electron chi connectivity index (χ2n) is 2.72. The molecular formula is C10H6ClN2+. The van der Waals surface area contributed by atoms with Gasteiger partial charge in [0.25, 0.3) is 0 Å². The van der Waals surface area contributed by atoms with E-state index in [0.29, 0.717) is 10.7 Å². The van der Waals surface area contributed by atoms with Crippen molar-refractivity contribution >= 4 is 28.1 Å². The summed E-state index contributed by atoms with van der Waals surface area (Å²) >= 11 is 5.85. The van der Waals surface area contributed by atoms with Gasteiger partial charge in [-0.1, -0.05) is 35.9 Å². The molecule has 0 fully saturated rings. The van der Waals surface area contributed by atoms with Crippen LogP contribution < -0.4 is 0 Å². The lowest BCUT2D eigenvalue weighted by Gasteiger charge is -1.93. The Morgan fingerprint density at radius 1 is 1.08 bits per heavy atom. The van der Waals surface area contributed by atoms with Crippen LogP contribution in [0.25, 0.3) is 15.7 Å². The van der Waals surface area contributed by atoms with E-state index in [1.165, 1.54) is 0 Å². The maximum Gasteiger partial charge on any atom is 0.411 e. The number of diazo groups is 1. The summed E-state index contributed by atoms with van der Waals surface area (Å²) in [4.78, 5) is 3.17. The van der Waals surface area contributed by atoms with Crippen molar-refractivity contribution in [3.8, 4) is 0 Å². The first kappa shape index (κ1) is 8.03. The summed E-state index contributed by atoms with van der Waals surface area (Å²) in [6.07, 6.45) is 0. The van der Waals surface area contributed by atoms with Crippen LogP contribution in [0.5, 0.6) is 0 Å². The summed E-state index contributed by atoms with van der Waals surface area (Å²) in [6, 6.07) is 11.2. The SMILES string of the molecule is N#[N+]c1c(Cl)ccc2ccccc12. The van der Waals surface area contributed by atoms with Crippen LogP contribution in [0.15, 0.2) is 36.4 Å². The van der Waals surface area contributed by atoms with Crippen LogP contribution in [-0.4, -0.2) is 0 Å². The van der Waals surface area contributed by atoms with E-state index < -0.39 is 0 Å². The maximum absolute atomic E-state index is 8.76. The van der Waals surface area contributed by atoms with Crippen LogP contribution >= 0.6 is 11.6 Å². The van der Waals surface area contributed by atoms with Gasteiger partial charge in [0, 0.05) is 0 Å². The molecule has 0 aromatic heterocycles. The number of nitrogens with zero attached hydrogens (tertiary/aromatic N) is 2. The Hall–Kier alpha value is -1.59. The monoisotopic (exact) mass is 189 g/mol. The van der Waals surface area contributed by atoms with Crippen molar-refractivity contribution in [2.24, 2.45) is 0 Å². The molecule has 13 heavy (non-hydrogen) atoms. The first-order chi connectivity index (χ1) is 6.33. The summed E-state index contributed by atoms with van der Waals surface area (Å²) < 4.78 is 0. The lowest BCUT2D eigenvalue weighted by atomic mass is 10.1. The molecule has 0 N–H and O–H groups in total. The predicted octanol–water partition coefficient (Wildman–Crippen LogP) is 3.98. The van der Waals surface area contributed by atoms with Gasteiger partial charge in [0.15, 0.2) is 4.98 Å². The van der Waals surface area contributed by atoms with Gasteiger partial charge in [0.2, 0.25) is 5.39 Å². The number of rotatable bonds is 0. The third-order valence-corrected chi connectivity index (χ3v) is 2.26. The van der Waals surface area contributed by atoms with Gasteiger partial charge in [-0.05, 0) is 17.5 Å². The Morgan fingerprint density at radius 3 is 2.62 bits per heavy atom. The molecule has 2 nitrogen and oxygen atoms in total. The van der Waals surface area contributed by atoms with E-state index in [9.17, 15) is 0 Å². The second-order valence-corrected chi connectivity index (χ2v) is 3.12. The fourth-order valence-electron chi connectivity index (χ4n) is 1.33. The first-order valence-corrected chi connectivity index (χ1v) is 4.23. The van der Waals surface area contributed by atoms with Crippen molar-refractivity contribution in [2.75, 3.05) is 0 Å². The molecule has 0 aliphatic rings. The van der Waals surface area contributed by atoms with E-state index in [-0.39, 0.29) is 0 Å². The Bertz CT molecular complexity index is 500. The average Bonchev–Trinajstić information content (AvgIpc) is 2.18. The summed E-state index contributed by atoms with van der Waals surface area (Å²) in [6.45, 7) is 0. The zero-order valence-corrected chi connectivity index (χ0v) is 7.49. The average molecular weight is 190 g/mol. The molecule has 3 heteroatoms. The van der Waals surface area contributed by atoms with Crippen molar-refractivity contribution in [2.45, 2.75) is 0 Å². The van der Waals surface area contributed by atoms with Gasteiger partial charge in [0.1, 0.15) is 5.02 Å². The molecule has 0 aliphatic carbocycles. The molecule has 0 bridgehead atoms. The fourth-order valence-corrected chi connectivity index (χ4v) is 1.53. The maximum atomic E-state index is 8.76. The molecule has 0 atom stereocenters. The van der Waals surface area contributed by atoms with Crippen LogP contribution in [0.2, 0.25) is 5.02 Å². The molecule has 0 aliphatic heterocycles. The summed E-state index contributed by atoms with van der Waals surface area (Å²) in [5.74, 6) is 0. The van der Waals surface area contributed by atoms with Gasteiger partial charge in [-0.25, -0.2) is 0 Å². The Kier molecular flexibility index (Phi) is 1.88. The van der Waals surface area contributed by atoms with E-state index in [1.807, 2.05) is 30.3 Å². The van der Waals surface area contributed by atoms with Crippen LogP contribution in [0, 0.1) is 5.39 Å². The van der Waals surface area contributed by atoms with Crippen molar-refractivity contribution in [3.05, 3.63) is 46.4 Å². The van der Waals surface area contributed by atoms with Gasteiger partial charge >= 0.3 is 5.69 Å². The highest BCUT2D eigenvalue weighted by Crippen LogP contribution is 2.33. The third kappa shape index (κ3) is 1.24. The molecule has 62 valence electrons. The lowest BCUT2D eigenvalue weighted by molar-refractivity contribution is 1.47. The predicted molar refractivity (Wildman–Crippen MR) is 53.7 cm³/mol. The molecule has 0 heterocycles. The zero-order chi connectivity index (χ0) is 9.26. The quantitative estimate of drug-likeness (QED) is 0.576. The molecule has 0 spiro atoms. The number of hydrogen-bond acceptors (Lipinski definition) is 1. The minimum atomic E-state index is 0.430. The number of halogens is 1. The topological polar surface area (TPSA) is 28.1 Å². The molecule has 2 aromatic rings. The van der Waals surface area contributed by atoms with Gasteiger partial charge in [-0.15, -0.1) is 0 Å². The van der Waals surface area contributed by atoms with Crippen molar-refractivity contribution < 1.29 is 0 Å². The highest BCUT2D eigenvalue weighted by atomic mass is 35.5. The molecule has 0 radical (unpaired) electrons. The Labute approximate surface area is 80.4 Å². The number of benzene rings is 2. The van der Waals surface area contributed by atoms with Crippen molar-refractivity contribution in [1.82, 2.24) is 0 Å². The van der Waals surface area contributed by atoms with Crippen LogP contribution in [-0.2, 0) is 0 Å². The minimum absolute atomic E-state index is 0.430. The molecule has 0 unspecified atom stereocenters. The summed E-state index contributed by atoms with van der Waals surface area (Å²) in [5, 5.41) is 11.1. The molecule has 0 saturated heterocycles. The van der Waals surface area contributed by atoms with E-state index in [2.05, 4.69) is 4.98 Å². The van der Waals surface area contributed by atoms with Gasteiger partial charge in [0.05, 0.1) is 5.39 Å². The molecular weight excluding hydrogens is 184 g/mol. The van der Waals surface area contributed by atoms with E-state index in [0.717, 1.165) is 10.8 Å². The number of fused-ring (bicyclic) bond motifs is 1. The summed E-state index contributed by atoms with van der Waals surface area (Å²) in [7, 11) is 0. The molecule has 0 saturated carbocycles. The van der Waals surface area contributed by atoms with Crippen molar-refractivity contribution in [3.63, 3.8) is 0 Å². The smallest absolute Gasteiger partial charge is 0.0754 e. The minimum Gasteiger partial charge on any atom is -0.0754 e. The van der Waals surface area contributed by atoms with E-state index >= 15 is 0 Å². The van der Waals surface area contributed by atoms with Gasteiger partial charge < -0.3 is 0 Å². The van der Waals surface area contributed by atoms with Gasteiger partial charge in [-0.2, -0.15) is 0 Å². The second kappa shape index (κ2) is 3.04. The summed E-state index contributed by atoms with van der Waals surface area (Å²) in [5.41, 5.74) is 0.430. The normalized spacial score (nSPS) is 9.85.